The molecule has 11 nitrogen and oxygen atoms in total. The number of pyridine rings is 1. The lowest BCUT2D eigenvalue weighted by molar-refractivity contribution is 0.482. The molecule has 35 heavy (non-hydrogen) atoms. The molecule has 0 spiro atoms. The third-order valence-electron chi connectivity index (χ3n) is 5.69. The van der Waals surface area contributed by atoms with Crippen LogP contribution in [0, 0.1) is 17.2 Å². The van der Waals surface area contributed by atoms with E-state index in [-0.39, 0.29) is 5.92 Å². The maximum atomic E-state index is 9.19. The number of rotatable bonds is 5. The number of fused-ring (bicyclic) bond motifs is 2. The zero-order valence-corrected chi connectivity index (χ0v) is 19.0. The van der Waals surface area contributed by atoms with E-state index in [1.165, 1.54) is 12.7 Å². The van der Waals surface area contributed by atoms with Gasteiger partial charge in [0.15, 0.2) is 11.5 Å². The van der Waals surface area contributed by atoms with Crippen molar-refractivity contribution < 1.29 is 4.74 Å². The SMILES string of the molecule is N#C[C@H]1CCN(c2ncc3ncnc(Nc4ccc(Oc5ccn6ncnc6c5)c(Cl)c4)c3n2)C1. The van der Waals surface area contributed by atoms with Crippen molar-refractivity contribution in [3.05, 3.63) is 60.4 Å². The fourth-order valence-corrected chi connectivity index (χ4v) is 4.14. The lowest BCUT2D eigenvalue weighted by Gasteiger charge is -2.16. The zero-order chi connectivity index (χ0) is 23.8. The molecule has 1 atom stereocenters. The highest BCUT2D eigenvalue weighted by atomic mass is 35.5. The number of nitriles is 1. The molecule has 5 aromatic rings. The Balaban J connectivity index is 1.25. The van der Waals surface area contributed by atoms with Gasteiger partial charge in [-0.2, -0.15) is 10.4 Å². The standard InChI is InChI=1S/C23H17ClN10O/c24-17-7-15(1-2-19(17)35-16-4-6-34-20(8-16)28-13-30-34)31-22-21-18(27-12-29-22)10-26-23(32-21)33-5-3-14(9-25)11-33/h1-2,4,6-8,10,12-14H,3,5,11H2,(H,27,29,31)/t14-/m1/s1. The molecule has 0 saturated carbocycles. The molecular formula is C23H17ClN10O. The molecule has 0 amide bonds. The maximum Gasteiger partial charge on any atom is 0.226 e. The Bertz CT molecular complexity index is 1600. The van der Waals surface area contributed by atoms with Gasteiger partial charge in [0.05, 0.1) is 23.2 Å². The Kier molecular flexibility index (Phi) is 5.20. The third kappa shape index (κ3) is 4.11. The van der Waals surface area contributed by atoms with E-state index in [0.717, 1.165) is 13.0 Å². The minimum atomic E-state index is -0.0138. The molecule has 4 aromatic heterocycles. The van der Waals surface area contributed by atoms with Crippen LogP contribution in [0.25, 0.3) is 16.7 Å². The summed E-state index contributed by atoms with van der Waals surface area (Å²) in [6.45, 7) is 1.35. The van der Waals surface area contributed by atoms with Gasteiger partial charge in [-0.3, -0.25) is 0 Å². The molecule has 1 saturated heterocycles. The first-order valence-corrected chi connectivity index (χ1v) is 11.2. The second-order valence-corrected chi connectivity index (χ2v) is 8.39. The lowest BCUT2D eigenvalue weighted by atomic mass is 10.1. The number of hydrogen-bond acceptors (Lipinski definition) is 10. The average molecular weight is 485 g/mol. The van der Waals surface area contributed by atoms with Gasteiger partial charge in [-0.1, -0.05) is 11.6 Å². The van der Waals surface area contributed by atoms with Gasteiger partial charge < -0.3 is 15.0 Å². The molecule has 0 bridgehead atoms. The van der Waals surface area contributed by atoms with Crippen LogP contribution in [-0.2, 0) is 0 Å². The third-order valence-corrected chi connectivity index (χ3v) is 5.99. The van der Waals surface area contributed by atoms with Crippen LogP contribution in [0.3, 0.4) is 0 Å². The Morgan fingerprint density at radius 2 is 2.06 bits per heavy atom. The molecule has 1 aromatic carbocycles. The van der Waals surface area contributed by atoms with Gasteiger partial charge in [0, 0.05) is 31.0 Å². The first-order chi connectivity index (χ1) is 17.2. The summed E-state index contributed by atoms with van der Waals surface area (Å²) in [6, 6.07) is 11.2. The number of benzene rings is 1. The van der Waals surface area contributed by atoms with Crippen molar-refractivity contribution >= 4 is 45.7 Å². The number of halogens is 1. The Labute approximate surface area is 204 Å². The van der Waals surface area contributed by atoms with Crippen molar-refractivity contribution in [1.82, 2.24) is 34.5 Å². The van der Waals surface area contributed by atoms with Gasteiger partial charge in [0.25, 0.3) is 0 Å². The summed E-state index contributed by atoms with van der Waals surface area (Å²) in [5.41, 5.74) is 2.57. The highest BCUT2D eigenvalue weighted by molar-refractivity contribution is 6.32. The van der Waals surface area contributed by atoms with Crippen LogP contribution in [0.2, 0.25) is 5.02 Å². The second-order valence-electron chi connectivity index (χ2n) is 7.98. The van der Waals surface area contributed by atoms with Crippen molar-refractivity contribution in [2.45, 2.75) is 6.42 Å². The maximum absolute atomic E-state index is 9.19. The smallest absolute Gasteiger partial charge is 0.226 e. The average Bonchev–Trinajstić information content (AvgIpc) is 3.55. The first-order valence-electron chi connectivity index (χ1n) is 10.8. The minimum Gasteiger partial charge on any atom is -0.456 e. The lowest BCUT2D eigenvalue weighted by Crippen LogP contribution is -2.21. The molecule has 5 heterocycles. The van der Waals surface area contributed by atoms with Crippen molar-refractivity contribution in [3.63, 3.8) is 0 Å². The number of nitrogens with zero attached hydrogens (tertiary/aromatic N) is 9. The summed E-state index contributed by atoms with van der Waals surface area (Å²) in [7, 11) is 0. The predicted octanol–water partition coefficient (Wildman–Crippen LogP) is 4.00. The fourth-order valence-electron chi connectivity index (χ4n) is 3.92. The molecule has 172 valence electrons. The summed E-state index contributed by atoms with van der Waals surface area (Å²) in [4.78, 5) is 23.9. The van der Waals surface area contributed by atoms with Gasteiger partial charge >= 0.3 is 0 Å². The molecular weight excluding hydrogens is 468 g/mol. The van der Waals surface area contributed by atoms with E-state index < -0.39 is 0 Å². The van der Waals surface area contributed by atoms with Crippen LogP contribution in [0.4, 0.5) is 17.5 Å². The normalized spacial score (nSPS) is 15.4. The van der Waals surface area contributed by atoms with E-state index in [0.29, 0.717) is 57.2 Å². The van der Waals surface area contributed by atoms with E-state index in [9.17, 15) is 5.26 Å². The number of ether oxygens (including phenoxy) is 1. The molecule has 1 fully saturated rings. The summed E-state index contributed by atoms with van der Waals surface area (Å²) >= 11 is 6.51. The minimum absolute atomic E-state index is 0.0138. The van der Waals surface area contributed by atoms with Gasteiger partial charge in [-0.25, -0.2) is 29.4 Å². The molecule has 12 heteroatoms. The molecule has 0 radical (unpaired) electrons. The van der Waals surface area contributed by atoms with Crippen molar-refractivity contribution in [1.29, 1.82) is 5.26 Å². The van der Waals surface area contributed by atoms with Crippen LogP contribution >= 0.6 is 11.6 Å². The van der Waals surface area contributed by atoms with Gasteiger partial charge in [-0.05, 0) is 30.7 Å². The van der Waals surface area contributed by atoms with Crippen LogP contribution < -0.4 is 15.0 Å². The van der Waals surface area contributed by atoms with E-state index in [4.69, 9.17) is 16.3 Å². The fraction of sp³-hybridized carbons (Fsp3) is 0.174. The van der Waals surface area contributed by atoms with Gasteiger partial charge in [-0.15, -0.1) is 0 Å². The molecule has 1 aliphatic heterocycles. The van der Waals surface area contributed by atoms with Crippen molar-refractivity contribution in [3.8, 4) is 17.6 Å². The van der Waals surface area contributed by atoms with Crippen molar-refractivity contribution in [2.24, 2.45) is 5.92 Å². The van der Waals surface area contributed by atoms with Gasteiger partial charge in [0.2, 0.25) is 5.95 Å². The van der Waals surface area contributed by atoms with E-state index in [1.54, 1.807) is 41.2 Å². The highest BCUT2D eigenvalue weighted by Gasteiger charge is 2.24. The summed E-state index contributed by atoms with van der Waals surface area (Å²) < 4.78 is 7.58. The molecule has 0 aliphatic carbocycles. The Morgan fingerprint density at radius 3 is 2.91 bits per heavy atom. The van der Waals surface area contributed by atoms with E-state index >= 15 is 0 Å². The predicted molar refractivity (Wildman–Crippen MR) is 129 cm³/mol. The topological polar surface area (TPSA) is 130 Å². The Morgan fingerprint density at radius 1 is 1.11 bits per heavy atom. The summed E-state index contributed by atoms with van der Waals surface area (Å²) in [6.07, 6.45) is 7.16. The quantitative estimate of drug-likeness (QED) is 0.390. The summed E-state index contributed by atoms with van der Waals surface area (Å²) in [5.74, 6) is 2.16. The number of hydrogen-bond donors (Lipinski definition) is 1. The van der Waals surface area contributed by atoms with Crippen LogP contribution in [0.1, 0.15) is 6.42 Å². The van der Waals surface area contributed by atoms with Crippen LogP contribution in [-0.4, -0.2) is 47.6 Å². The van der Waals surface area contributed by atoms with E-state index in [2.05, 4.69) is 41.4 Å². The van der Waals surface area contributed by atoms with Crippen LogP contribution in [0.15, 0.2) is 55.4 Å². The number of nitrogens with one attached hydrogen (secondary N) is 1. The highest BCUT2D eigenvalue weighted by Crippen LogP contribution is 2.33. The molecule has 1 N–H and O–H groups in total. The number of aromatic nitrogens is 7. The van der Waals surface area contributed by atoms with Gasteiger partial charge in [0.1, 0.15) is 35.2 Å². The second kappa shape index (κ2) is 8.66. The number of anilines is 3. The molecule has 1 aliphatic rings. The zero-order valence-electron chi connectivity index (χ0n) is 18.2. The summed E-state index contributed by atoms with van der Waals surface area (Å²) in [5, 5.41) is 17.0. The first kappa shape index (κ1) is 21.0. The Hall–Kier alpha value is -4.56. The molecule has 6 rings (SSSR count). The largest absolute Gasteiger partial charge is 0.456 e. The monoisotopic (exact) mass is 484 g/mol. The van der Waals surface area contributed by atoms with Crippen LogP contribution in [0.5, 0.6) is 11.5 Å². The van der Waals surface area contributed by atoms with E-state index in [1.807, 2.05) is 11.0 Å². The molecule has 0 unspecified atom stereocenters. The van der Waals surface area contributed by atoms with Crippen molar-refractivity contribution in [2.75, 3.05) is 23.3 Å².